The SMILES string of the molecule is C#CCCCON=C1[C@H]2CCn3c(=O)n(-c4ccccc4)c(=O)n3[C@H]2[C@H](O)[C@@H]2O[C@H]12. The van der Waals surface area contributed by atoms with E-state index in [9.17, 15) is 14.7 Å². The second-order valence-corrected chi connectivity index (χ2v) is 7.76. The molecule has 1 saturated heterocycles. The molecule has 156 valence electrons. The van der Waals surface area contributed by atoms with Gasteiger partial charge in [-0.05, 0) is 25.0 Å². The molecule has 0 bridgehead atoms. The minimum Gasteiger partial charge on any atom is -0.396 e. The van der Waals surface area contributed by atoms with Crippen molar-refractivity contribution >= 4 is 5.71 Å². The first-order valence-electron chi connectivity index (χ1n) is 10.1. The summed E-state index contributed by atoms with van der Waals surface area (Å²) in [5.41, 5.74) is 0.289. The fourth-order valence-corrected chi connectivity index (χ4v) is 4.60. The molecule has 3 heterocycles. The number of fused-ring (bicyclic) bond motifs is 4. The maximum Gasteiger partial charge on any atom is 0.352 e. The molecule has 1 saturated carbocycles. The van der Waals surface area contributed by atoms with E-state index in [1.165, 1.54) is 9.36 Å². The van der Waals surface area contributed by atoms with Crippen LogP contribution in [0.25, 0.3) is 5.69 Å². The van der Waals surface area contributed by atoms with Crippen LogP contribution in [0, 0.1) is 18.3 Å². The largest absolute Gasteiger partial charge is 0.396 e. The van der Waals surface area contributed by atoms with Crippen LogP contribution in [0.4, 0.5) is 0 Å². The molecule has 2 aromatic rings. The average Bonchev–Trinajstić information content (AvgIpc) is 3.52. The number of hydrogen-bond donors (Lipinski definition) is 1. The van der Waals surface area contributed by atoms with E-state index in [0.717, 1.165) is 4.57 Å². The van der Waals surface area contributed by atoms with Gasteiger partial charge in [-0.1, -0.05) is 23.4 Å². The van der Waals surface area contributed by atoms with Gasteiger partial charge in [0.1, 0.15) is 24.9 Å². The van der Waals surface area contributed by atoms with Gasteiger partial charge in [-0.15, -0.1) is 12.3 Å². The topological polar surface area (TPSA) is 103 Å². The Morgan fingerprint density at radius 3 is 2.83 bits per heavy atom. The molecular weight excluding hydrogens is 388 g/mol. The third kappa shape index (κ3) is 2.83. The summed E-state index contributed by atoms with van der Waals surface area (Å²) >= 11 is 0. The van der Waals surface area contributed by atoms with Crippen molar-refractivity contribution in [2.45, 2.75) is 50.2 Å². The van der Waals surface area contributed by atoms with Gasteiger partial charge in [0.2, 0.25) is 0 Å². The van der Waals surface area contributed by atoms with E-state index < -0.39 is 29.6 Å². The van der Waals surface area contributed by atoms with Crippen molar-refractivity contribution in [1.82, 2.24) is 13.9 Å². The van der Waals surface area contributed by atoms with Gasteiger partial charge in [-0.3, -0.25) is 0 Å². The Bertz CT molecular complexity index is 1140. The molecule has 2 fully saturated rings. The van der Waals surface area contributed by atoms with E-state index in [0.29, 0.717) is 43.8 Å². The van der Waals surface area contributed by atoms with Gasteiger partial charge in [0.25, 0.3) is 0 Å². The molecule has 0 amide bonds. The highest BCUT2D eigenvalue weighted by atomic mass is 16.6. The zero-order chi connectivity index (χ0) is 20.8. The van der Waals surface area contributed by atoms with E-state index in [1.807, 2.05) is 6.07 Å². The molecule has 1 aromatic carbocycles. The number of nitrogens with zero attached hydrogens (tertiary/aromatic N) is 4. The summed E-state index contributed by atoms with van der Waals surface area (Å²) in [4.78, 5) is 31.7. The molecule has 0 spiro atoms. The quantitative estimate of drug-likeness (QED) is 0.330. The lowest BCUT2D eigenvalue weighted by Gasteiger charge is -2.38. The lowest BCUT2D eigenvalue weighted by Crippen LogP contribution is -2.53. The summed E-state index contributed by atoms with van der Waals surface area (Å²) in [6.45, 7) is 0.732. The van der Waals surface area contributed by atoms with Crippen molar-refractivity contribution in [2.75, 3.05) is 6.61 Å². The predicted molar refractivity (Wildman–Crippen MR) is 108 cm³/mol. The first-order chi connectivity index (χ1) is 14.6. The molecule has 1 aromatic heterocycles. The van der Waals surface area contributed by atoms with Gasteiger partial charge in [0, 0.05) is 18.9 Å². The third-order valence-corrected chi connectivity index (χ3v) is 6.03. The van der Waals surface area contributed by atoms with Gasteiger partial charge in [-0.2, -0.15) is 0 Å². The molecule has 0 unspecified atom stereocenters. The summed E-state index contributed by atoms with van der Waals surface area (Å²) in [7, 11) is 0. The first kappa shape index (κ1) is 18.9. The van der Waals surface area contributed by atoms with E-state index in [4.69, 9.17) is 16.0 Å². The Kier molecular flexibility index (Phi) is 4.60. The Morgan fingerprint density at radius 1 is 1.27 bits per heavy atom. The smallest absolute Gasteiger partial charge is 0.352 e. The summed E-state index contributed by atoms with van der Waals surface area (Å²) in [6, 6.07) is 8.14. The Labute approximate surface area is 172 Å². The van der Waals surface area contributed by atoms with Crippen LogP contribution in [0.2, 0.25) is 0 Å². The maximum absolute atomic E-state index is 13.3. The van der Waals surface area contributed by atoms with Crippen LogP contribution in [0.5, 0.6) is 0 Å². The number of aromatic nitrogens is 3. The number of hydrogen-bond acceptors (Lipinski definition) is 6. The molecule has 9 heteroatoms. The molecule has 9 nitrogen and oxygen atoms in total. The minimum atomic E-state index is -0.907. The first-order valence-corrected chi connectivity index (χ1v) is 10.1. The number of unbranched alkanes of at least 4 members (excludes halogenated alkanes) is 1. The van der Waals surface area contributed by atoms with E-state index in [1.54, 1.807) is 24.3 Å². The molecular formula is C21H22N4O5. The lowest BCUT2D eigenvalue weighted by atomic mass is 9.78. The minimum absolute atomic E-state index is 0.250. The van der Waals surface area contributed by atoms with Gasteiger partial charge in [-0.25, -0.2) is 23.5 Å². The number of ether oxygens (including phenoxy) is 1. The summed E-state index contributed by atoms with van der Waals surface area (Å²) in [5, 5.41) is 15.2. The summed E-state index contributed by atoms with van der Waals surface area (Å²) < 4.78 is 9.57. The van der Waals surface area contributed by atoms with Crippen LogP contribution in [-0.2, 0) is 16.1 Å². The van der Waals surface area contributed by atoms with Crippen molar-refractivity contribution in [2.24, 2.45) is 11.1 Å². The second kappa shape index (κ2) is 7.31. The Morgan fingerprint density at radius 2 is 2.07 bits per heavy atom. The van der Waals surface area contributed by atoms with E-state index in [-0.39, 0.29) is 12.0 Å². The van der Waals surface area contributed by atoms with Gasteiger partial charge >= 0.3 is 11.4 Å². The maximum atomic E-state index is 13.3. The number of benzene rings is 1. The zero-order valence-electron chi connectivity index (χ0n) is 16.3. The van der Waals surface area contributed by atoms with Crippen LogP contribution in [0.15, 0.2) is 45.1 Å². The zero-order valence-corrected chi connectivity index (χ0v) is 16.3. The highest BCUT2D eigenvalue weighted by Gasteiger charge is 2.61. The highest BCUT2D eigenvalue weighted by molar-refractivity contribution is 5.94. The average molecular weight is 410 g/mol. The molecule has 5 rings (SSSR count). The molecule has 5 atom stereocenters. The summed E-state index contributed by atoms with van der Waals surface area (Å²) in [6.07, 6.45) is 5.44. The van der Waals surface area contributed by atoms with Crippen molar-refractivity contribution in [1.29, 1.82) is 0 Å². The molecule has 2 aliphatic heterocycles. The standard InChI is InChI=1S/C21H22N4O5/c1-2-3-7-12-29-22-15-14-10-11-23-20(27)24(13-8-5-4-6-9-13)21(28)25(23)16(14)17(26)19-18(15)30-19/h1,4-6,8-9,14,16-19,26H,3,7,10-12H2/t14-,16-,17+,18-,19+/m1/s1. The van der Waals surface area contributed by atoms with Crippen LogP contribution in [-0.4, -0.2) is 49.7 Å². The summed E-state index contributed by atoms with van der Waals surface area (Å²) in [5.74, 6) is 2.30. The van der Waals surface area contributed by atoms with Crippen molar-refractivity contribution in [3.8, 4) is 18.0 Å². The predicted octanol–water partition coefficient (Wildman–Crippen LogP) is 0.290. The molecule has 0 radical (unpaired) electrons. The van der Waals surface area contributed by atoms with Crippen molar-refractivity contribution in [3.63, 3.8) is 0 Å². The number of oxime groups is 1. The molecule has 1 aliphatic carbocycles. The Hall–Kier alpha value is -3.09. The van der Waals surface area contributed by atoms with Crippen LogP contribution < -0.4 is 11.4 Å². The number of para-hydroxylation sites is 1. The fourth-order valence-electron chi connectivity index (χ4n) is 4.60. The van der Waals surface area contributed by atoms with Crippen molar-refractivity contribution < 1.29 is 14.7 Å². The van der Waals surface area contributed by atoms with Crippen LogP contribution >= 0.6 is 0 Å². The van der Waals surface area contributed by atoms with E-state index >= 15 is 0 Å². The molecule has 3 aliphatic rings. The molecule has 30 heavy (non-hydrogen) atoms. The van der Waals surface area contributed by atoms with Crippen LogP contribution in [0.1, 0.15) is 25.3 Å². The van der Waals surface area contributed by atoms with Gasteiger partial charge < -0.3 is 14.7 Å². The van der Waals surface area contributed by atoms with Crippen molar-refractivity contribution in [3.05, 3.63) is 51.3 Å². The number of terminal acetylenes is 1. The van der Waals surface area contributed by atoms with Gasteiger partial charge in [0.15, 0.2) is 0 Å². The van der Waals surface area contributed by atoms with E-state index in [2.05, 4.69) is 11.1 Å². The fraction of sp³-hybridized carbons (Fsp3) is 0.476. The normalized spacial score (nSPS) is 30.1. The second-order valence-electron chi connectivity index (χ2n) is 7.76. The lowest BCUT2D eigenvalue weighted by molar-refractivity contribution is 0.0323. The number of epoxide rings is 1. The van der Waals surface area contributed by atoms with Gasteiger partial charge in [0.05, 0.1) is 17.4 Å². The van der Waals surface area contributed by atoms with Crippen LogP contribution in [0.3, 0.4) is 0 Å². The third-order valence-electron chi connectivity index (χ3n) is 6.03. The number of aliphatic hydroxyl groups excluding tert-OH is 1. The monoisotopic (exact) mass is 410 g/mol. The molecule has 1 N–H and O–H groups in total. The number of rotatable bonds is 5. The Balaban J connectivity index is 1.53. The number of aliphatic hydroxyl groups is 1. The highest BCUT2D eigenvalue weighted by Crippen LogP contribution is 2.46.